The van der Waals surface area contributed by atoms with Crippen LogP contribution in [0.25, 0.3) is 6.08 Å². The first-order chi connectivity index (χ1) is 12.1. The predicted octanol–water partition coefficient (Wildman–Crippen LogP) is 3.34. The Kier molecular flexibility index (Phi) is 4.95. The largest absolute Gasteiger partial charge is 0.489 e. The number of nitrogens with zero attached hydrogens (tertiary/aromatic N) is 1. The number of carbonyl (C=O) groups is 2. The fourth-order valence-electron chi connectivity index (χ4n) is 2.36. The second-order valence-corrected chi connectivity index (χ2v) is 5.57. The van der Waals surface area contributed by atoms with Gasteiger partial charge in [0.15, 0.2) is 0 Å². The Morgan fingerprint density at radius 2 is 1.76 bits per heavy atom. The molecule has 2 aromatic carbocycles. The summed E-state index contributed by atoms with van der Waals surface area (Å²) in [7, 11) is 1.55. The molecule has 1 aliphatic rings. The molecule has 1 aliphatic heterocycles. The van der Waals surface area contributed by atoms with Gasteiger partial charge in [0.25, 0.3) is 5.91 Å². The van der Waals surface area contributed by atoms with Crippen molar-refractivity contribution in [2.75, 3.05) is 7.05 Å². The van der Waals surface area contributed by atoms with Crippen molar-refractivity contribution < 1.29 is 14.3 Å². The third kappa shape index (κ3) is 4.14. The summed E-state index contributed by atoms with van der Waals surface area (Å²) in [6.45, 7) is 0.525. The van der Waals surface area contributed by atoms with E-state index >= 15 is 0 Å². The molecule has 0 saturated carbocycles. The number of imide groups is 1. The van der Waals surface area contributed by atoms with Crippen molar-refractivity contribution in [1.82, 2.24) is 10.2 Å². The molecule has 3 amide bonds. The zero-order chi connectivity index (χ0) is 17.6. The van der Waals surface area contributed by atoms with Crippen molar-refractivity contribution in [3.8, 4) is 5.75 Å². The van der Waals surface area contributed by atoms with Gasteiger partial charge in [-0.1, -0.05) is 54.6 Å². The molecule has 0 bridgehead atoms. The number of likely N-dealkylation sites (N-methyl/N-ethyl adjacent to an activating group) is 1. The molecule has 1 saturated heterocycles. The number of ether oxygens (including phenoxy) is 1. The van der Waals surface area contributed by atoms with Crippen molar-refractivity contribution >= 4 is 18.0 Å². The van der Waals surface area contributed by atoms with E-state index < -0.39 is 6.03 Å². The van der Waals surface area contributed by atoms with E-state index in [0.717, 1.165) is 16.9 Å². The van der Waals surface area contributed by atoms with Crippen molar-refractivity contribution in [3.63, 3.8) is 0 Å². The second kappa shape index (κ2) is 7.49. The lowest BCUT2D eigenvalue weighted by Gasteiger charge is -2.06. The Morgan fingerprint density at radius 1 is 1.04 bits per heavy atom. The average Bonchev–Trinajstić information content (AvgIpc) is 2.88. The van der Waals surface area contributed by atoms with E-state index in [4.69, 9.17) is 4.74 Å². The Hall–Kier alpha value is -3.34. The summed E-state index contributed by atoms with van der Waals surface area (Å²) in [6, 6.07) is 17.2. The van der Waals surface area contributed by atoms with Crippen LogP contribution in [-0.2, 0) is 11.4 Å². The quantitative estimate of drug-likeness (QED) is 0.674. The zero-order valence-electron chi connectivity index (χ0n) is 13.8. The van der Waals surface area contributed by atoms with Gasteiger partial charge in [-0.15, -0.1) is 0 Å². The average molecular weight is 334 g/mol. The number of nitrogens with one attached hydrogen (secondary N) is 1. The minimum Gasteiger partial charge on any atom is -0.489 e. The fraction of sp³-hybridized carbons (Fsp3) is 0.100. The Morgan fingerprint density at radius 3 is 2.40 bits per heavy atom. The monoisotopic (exact) mass is 334 g/mol. The number of urea groups is 1. The number of amides is 3. The SMILES string of the molecule is CN1C(=O)NC(=O)C1=CC=Cc1ccc(OCc2ccccc2)cc1. The van der Waals surface area contributed by atoms with Gasteiger partial charge in [0.2, 0.25) is 0 Å². The molecule has 1 fully saturated rings. The van der Waals surface area contributed by atoms with E-state index in [-0.39, 0.29) is 5.91 Å². The molecule has 0 aromatic heterocycles. The maximum absolute atomic E-state index is 11.6. The van der Waals surface area contributed by atoms with Gasteiger partial charge in [0.05, 0.1) is 0 Å². The van der Waals surface area contributed by atoms with Gasteiger partial charge in [-0.05, 0) is 29.3 Å². The summed E-state index contributed by atoms with van der Waals surface area (Å²) in [5.74, 6) is 0.404. The number of rotatable bonds is 5. The number of benzene rings is 2. The van der Waals surface area contributed by atoms with Gasteiger partial charge < -0.3 is 4.74 Å². The molecule has 0 atom stereocenters. The van der Waals surface area contributed by atoms with Crippen LogP contribution < -0.4 is 10.1 Å². The number of hydrogen-bond donors (Lipinski definition) is 1. The van der Waals surface area contributed by atoms with Crippen molar-refractivity contribution in [3.05, 3.63) is 83.6 Å². The van der Waals surface area contributed by atoms with Crippen molar-refractivity contribution in [2.45, 2.75) is 6.61 Å². The van der Waals surface area contributed by atoms with Gasteiger partial charge in [-0.25, -0.2) is 4.79 Å². The summed E-state index contributed by atoms with van der Waals surface area (Å²) in [5, 5.41) is 2.23. The van der Waals surface area contributed by atoms with Gasteiger partial charge in [0.1, 0.15) is 18.1 Å². The highest BCUT2D eigenvalue weighted by Crippen LogP contribution is 2.16. The van der Waals surface area contributed by atoms with E-state index in [0.29, 0.717) is 12.3 Å². The molecule has 1 N–H and O–H groups in total. The standard InChI is InChI=1S/C20H18N2O3/c1-22-18(19(23)21-20(22)24)9-5-8-15-10-12-17(13-11-15)25-14-16-6-3-2-4-7-16/h2-13H,14H2,1H3,(H,21,23,24). The van der Waals surface area contributed by atoms with E-state index in [1.54, 1.807) is 19.2 Å². The van der Waals surface area contributed by atoms with Crippen LogP contribution in [-0.4, -0.2) is 23.9 Å². The van der Waals surface area contributed by atoms with Crippen molar-refractivity contribution in [1.29, 1.82) is 0 Å². The van der Waals surface area contributed by atoms with E-state index in [1.165, 1.54) is 4.90 Å². The predicted molar refractivity (Wildman–Crippen MR) is 95.6 cm³/mol. The van der Waals surface area contributed by atoms with Gasteiger partial charge in [0, 0.05) is 7.05 Å². The molecular weight excluding hydrogens is 316 g/mol. The van der Waals surface area contributed by atoms with Gasteiger partial charge in [-0.2, -0.15) is 0 Å². The molecule has 0 aliphatic carbocycles. The Labute approximate surface area is 146 Å². The first kappa shape index (κ1) is 16.5. The fourth-order valence-corrected chi connectivity index (χ4v) is 2.36. The molecule has 126 valence electrons. The highest BCUT2D eigenvalue weighted by Gasteiger charge is 2.28. The summed E-state index contributed by atoms with van der Waals surface area (Å²) >= 11 is 0. The minimum atomic E-state index is -0.412. The summed E-state index contributed by atoms with van der Waals surface area (Å²) in [4.78, 5) is 24.2. The Bertz CT molecular complexity index is 824. The summed E-state index contributed by atoms with van der Waals surface area (Å²) in [6.07, 6.45) is 5.21. The van der Waals surface area contributed by atoms with Crippen LogP contribution in [0.4, 0.5) is 4.79 Å². The molecule has 2 aromatic rings. The molecule has 5 heteroatoms. The molecule has 3 rings (SSSR count). The van der Waals surface area contributed by atoms with E-state index in [9.17, 15) is 9.59 Å². The smallest absolute Gasteiger partial charge is 0.328 e. The van der Waals surface area contributed by atoms with Crippen LogP contribution in [0.2, 0.25) is 0 Å². The highest BCUT2D eigenvalue weighted by atomic mass is 16.5. The lowest BCUT2D eigenvalue weighted by Crippen LogP contribution is -2.24. The molecule has 5 nitrogen and oxygen atoms in total. The van der Waals surface area contributed by atoms with Gasteiger partial charge in [-0.3, -0.25) is 15.0 Å². The highest BCUT2D eigenvalue weighted by molar-refractivity contribution is 6.11. The maximum Gasteiger partial charge on any atom is 0.328 e. The van der Waals surface area contributed by atoms with Crippen LogP contribution in [0.5, 0.6) is 5.75 Å². The normalized spacial score (nSPS) is 15.9. The lowest BCUT2D eigenvalue weighted by atomic mass is 10.2. The Balaban J connectivity index is 1.59. The van der Waals surface area contributed by atoms with Crippen LogP contribution in [0.1, 0.15) is 11.1 Å². The maximum atomic E-state index is 11.6. The molecule has 0 unspecified atom stereocenters. The lowest BCUT2D eigenvalue weighted by molar-refractivity contribution is -0.116. The second-order valence-electron chi connectivity index (χ2n) is 5.57. The van der Waals surface area contributed by atoms with E-state index in [2.05, 4.69) is 5.32 Å². The van der Waals surface area contributed by atoms with E-state index in [1.807, 2.05) is 60.7 Å². The molecule has 1 heterocycles. The molecule has 25 heavy (non-hydrogen) atoms. The summed E-state index contributed by atoms with van der Waals surface area (Å²) in [5.41, 5.74) is 2.41. The minimum absolute atomic E-state index is 0.323. The topological polar surface area (TPSA) is 58.6 Å². The van der Waals surface area contributed by atoms with Crippen LogP contribution in [0, 0.1) is 0 Å². The van der Waals surface area contributed by atoms with Crippen LogP contribution >= 0.6 is 0 Å². The third-order valence-corrected chi connectivity index (χ3v) is 3.79. The zero-order valence-corrected chi connectivity index (χ0v) is 13.8. The first-order valence-electron chi connectivity index (χ1n) is 7.88. The molecular formula is C20H18N2O3. The van der Waals surface area contributed by atoms with Gasteiger partial charge >= 0.3 is 6.03 Å². The van der Waals surface area contributed by atoms with Crippen molar-refractivity contribution in [2.24, 2.45) is 0 Å². The molecule has 0 radical (unpaired) electrons. The number of carbonyl (C=O) groups excluding carboxylic acids is 2. The van der Waals surface area contributed by atoms with Crippen LogP contribution in [0.3, 0.4) is 0 Å². The van der Waals surface area contributed by atoms with Crippen LogP contribution in [0.15, 0.2) is 72.4 Å². The summed E-state index contributed by atoms with van der Waals surface area (Å²) < 4.78 is 5.74. The number of hydrogen-bond acceptors (Lipinski definition) is 3. The molecule has 0 spiro atoms. The number of allylic oxidation sites excluding steroid dienone is 2. The third-order valence-electron chi connectivity index (χ3n) is 3.79. The first-order valence-corrected chi connectivity index (χ1v) is 7.88.